The van der Waals surface area contributed by atoms with Crippen molar-refractivity contribution in [3.63, 3.8) is 0 Å². The summed E-state index contributed by atoms with van der Waals surface area (Å²) in [6, 6.07) is 0. The van der Waals surface area contributed by atoms with E-state index < -0.39 is 5.54 Å². The zero-order valence-corrected chi connectivity index (χ0v) is 8.33. The first kappa shape index (κ1) is 10.2. The molecule has 0 spiro atoms. The first-order valence-corrected chi connectivity index (χ1v) is 4.44. The van der Waals surface area contributed by atoms with Gasteiger partial charge >= 0.3 is 0 Å². The van der Waals surface area contributed by atoms with Crippen molar-refractivity contribution in [2.75, 3.05) is 6.54 Å². The maximum absolute atomic E-state index is 11.4. The monoisotopic (exact) mass is 184 g/mol. The summed E-state index contributed by atoms with van der Waals surface area (Å²) in [5.74, 6) is -0.366. The van der Waals surface area contributed by atoms with E-state index in [0.29, 0.717) is 13.0 Å². The van der Waals surface area contributed by atoms with Crippen molar-refractivity contribution in [1.82, 2.24) is 4.90 Å². The van der Waals surface area contributed by atoms with E-state index in [1.165, 1.54) is 4.90 Å². The van der Waals surface area contributed by atoms with Crippen LogP contribution in [0.2, 0.25) is 0 Å². The van der Waals surface area contributed by atoms with E-state index in [2.05, 4.69) is 0 Å². The number of carbonyl (C=O) groups is 2. The molecule has 13 heavy (non-hydrogen) atoms. The lowest BCUT2D eigenvalue weighted by molar-refractivity contribution is -0.140. The highest BCUT2D eigenvalue weighted by Gasteiger charge is 2.37. The third-order valence-corrected chi connectivity index (χ3v) is 2.04. The van der Waals surface area contributed by atoms with Crippen LogP contribution >= 0.6 is 0 Å². The van der Waals surface area contributed by atoms with Gasteiger partial charge in [-0.05, 0) is 13.8 Å². The summed E-state index contributed by atoms with van der Waals surface area (Å²) < 4.78 is 0. The molecule has 1 aliphatic heterocycles. The zero-order valence-electron chi connectivity index (χ0n) is 8.33. The summed E-state index contributed by atoms with van der Waals surface area (Å²) in [7, 11) is 0. The van der Waals surface area contributed by atoms with Crippen molar-refractivity contribution >= 4 is 11.8 Å². The minimum atomic E-state index is -0.505. The van der Waals surface area contributed by atoms with Gasteiger partial charge in [0.05, 0.1) is 0 Å². The fourth-order valence-corrected chi connectivity index (χ4v) is 1.42. The quantitative estimate of drug-likeness (QED) is 0.620. The van der Waals surface area contributed by atoms with Gasteiger partial charge in [0.25, 0.3) is 0 Å². The lowest BCUT2D eigenvalue weighted by Gasteiger charge is -2.24. The Hall–Kier alpha value is -0.900. The minimum absolute atomic E-state index is 0.0940. The number of rotatable bonds is 2. The number of carbonyl (C=O) groups excluding carboxylic acids is 2. The van der Waals surface area contributed by atoms with Crippen LogP contribution in [0.3, 0.4) is 0 Å². The Morgan fingerprint density at radius 2 is 2.08 bits per heavy atom. The van der Waals surface area contributed by atoms with Crippen LogP contribution in [0.4, 0.5) is 0 Å². The average Bonchev–Trinajstić information content (AvgIpc) is 2.14. The molecule has 1 heterocycles. The second-order valence-electron chi connectivity index (χ2n) is 4.41. The topological polar surface area (TPSA) is 63.4 Å². The van der Waals surface area contributed by atoms with Crippen molar-refractivity contribution in [2.45, 2.75) is 32.7 Å². The van der Waals surface area contributed by atoms with E-state index in [0.717, 1.165) is 0 Å². The molecule has 4 nitrogen and oxygen atoms in total. The van der Waals surface area contributed by atoms with Gasteiger partial charge in [-0.3, -0.25) is 14.5 Å². The second kappa shape index (κ2) is 3.10. The Labute approximate surface area is 78.1 Å². The molecule has 1 rings (SSSR count). The van der Waals surface area contributed by atoms with Gasteiger partial charge in [0.1, 0.15) is 0 Å². The Morgan fingerprint density at radius 1 is 1.54 bits per heavy atom. The average molecular weight is 184 g/mol. The molecule has 74 valence electrons. The van der Waals surface area contributed by atoms with Crippen LogP contribution in [-0.2, 0) is 9.59 Å². The Morgan fingerprint density at radius 3 is 2.38 bits per heavy atom. The SMILES string of the molecule is CC1CC(=O)N(CC(C)(C)N)C1=O. The van der Waals surface area contributed by atoms with E-state index in [9.17, 15) is 9.59 Å². The first-order chi connectivity index (χ1) is 5.81. The molecule has 1 unspecified atom stereocenters. The predicted molar refractivity (Wildman–Crippen MR) is 48.8 cm³/mol. The summed E-state index contributed by atoms with van der Waals surface area (Å²) in [4.78, 5) is 24.0. The van der Waals surface area contributed by atoms with Gasteiger partial charge < -0.3 is 5.73 Å². The maximum atomic E-state index is 11.4. The Kier molecular flexibility index (Phi) is 2.43. The Balaban J connectivity index is 2.70. The molecule has 4 heteroatoms. The molecule has 0 aliphatic carbocycles. The van der Waals surface area contributed by atoms with Gasteiger partial charge in [-0.2, -0.15) is 0 Å². The zero-order chi connectivity index (χ0) is 10.2. The first-order valence-electron chi connectivity index (χ1n) is 4.44. The van der Waals surface area contributed by atoms with E-state index in [4.69, 9.17) is 5.73 Å². The van der Waals surface area contributed by atoms with E-state index in [1.54, 1.807) is 20.8 Å². The van der Waals surface area contributed by atoms with Gasteiger partial charge in [0.2, 0.25) is 11.8 Å². The largest absolute Gasteiger partial charge is 0.324 e. The van der Waals surface area contributed by atoms with Crippen LogP contribution < -0.4 is 5.73 Å². The lowest BCUT2D eigenvalue weighted by Crippen LogP contribution is -2.47. The Bertz CT molecular complexity index is 242. The van der Waals surface area contributed by atoms with Gasteiger partial charge in [0, 0.05) is 24.4 Å². The standard InChI is InChI=1S/C9H16N2O2/c1-6-4-7(12)11(8(6)13)5-9(2,3)10/h6H,4-5,10H2,1-3H3. The van der Waals surface area contributed by atoms with E-state index >= 15 is 0 Å². The van der Waals surface area contributed by atoms with Crippen molar-refractivity contribution in [2.24, 2.45) is 11.7 Å². The highest BCUT2D eigenvalue weighted by Crippen LogP contribution is 2.20. The summed E-state index contributed by atoms with van der Waals surface area (Å²) in [5, 5.41) is 0. The van der Waals surface area contributed by atoms with Crippen molar-refractivity contribution in [3.05, 3.63) is 0 Å². The van der Waals surface area contributed by atoms with Crippen LogP contribution in [0.25, 0.3) is 0 Å². The molecular formula is C9H16N2O2. The molecule has 0 aromatic heterocycles. The van der Waals surface area contributed by atoms with Crippen LogP contribution in [-0.4, -0.2) is 28.8 Å². The molecule has 1 saturated heterocycles. The number of likely N-dealkylation sites (tertiary alicyclic amines) is 1. The fourth-order valence-electron chi connectivity index (χ4n) is 1.42. The number of hydrogen-bond acceptors (Lipinski definition) is 3. The highest BCUT2D eigenvalue weighted by molar-refractivity contribution is 6.03. The number of hydrogen-bond donors (Lipinski definition) is 1. The molecule has 0 aromatic carbocycles. The van der Waals surface area contributed by atoms with Crippen LogP contribution in [0.5, 0.6) is 0 Å². The third-order valence-electron chi connectivity index (χ3n) is 2.04. The second-order valence-corrected chi connectivity index (χ2v) is 4.41. The molecule has 2 amide bonds. The van der Waals surface area contributed by atoms with Crippen LogP contribution in [0, 0.1) is 5.92 Å². The summed E-state index contributed by atoms with van der Waals surface area (Å²) >= 11 is 0. The van der Waals surface area contributed by atoms with Gasteiger partial charge in [-0.25, -0.2) is 0 Å². The maximum Gasteiger partial charge on any atom is 0.232 e. The van der Waals surface area contributed by atoms with Crippen molar-refractivity contribution < 1.29 is 9.59 Å². The number of nitrogens with two attached hydrogens (primary N) is 1. The van der Waals surface area contributed by atoms with Crippen LogP contribution in [0.15, 0.2) is 0 Å². The van der Waals surface area contributed by atoms with Gasteiger partial charge in [-0.15, -0.1) is 0 Å². The fraction of sp³-hybridized carbons (Fsp3) is 0.778. The molecular weight excluding hydrogens is 168 g/mol. The third kappa shape index (κ3) is 2.28. The normalized spacial score (nSPS) is 24.3. The van der Waals surface area contributed by atoms with E-state index in [-0.39, 0.29) is 17.7 Å². The van der Waals surface area contributed by atoms with E-state index in [1.807, 2.05) is 0 Å². The smallest absolute Gasteiger partial charge is 0.232 e. The number of amides is 2. The van der Waals surface area contributed by atoms with Gasteiger partial charge in [0.15, 0.2) is 0 Å². The van der Waals surface area contributed by atoms with Gasteiger partial charge in [-0.1, -0.05) is 6.92 Å². The summed E-state index contributed by atoms with van der Waals surface area (Å²) in [6.45, 7) is 5.69. The molecule has 0 aromatic rings. The molecule has 1 atom stereocenters. The van der Waals surface area contributed by atoms with Crippen LogP contribution in [0.1, 0.15) is 27.2 Å². The lowest BCUT2D eigenvalue weighted by atomic mass is 10.1. The number of nitrogens with zero attached hydrogens (tertiary/aromatic N) is 1. The molecule has 0 bridgehead atoms. The molecule has 2 N–H and O–H groups in total. The highest BCUT2D eigenvalue weighted by atomic mass is 16.2. The summed E-state index contributed by atoms with van der Waals surface area (Å²) in [5.41, 5.74) is 5.23. The summed E-state index contributed by atoms with van der Waals surface area (Å²) in [6.07, 6.45) is 0.328. The minimum Gasteiger partial charge on any atom is -0.324 e. The van der Waals surface area contributed by atoms with Crippen molar-refractivity contribution in [1.29, 1.82) is 0 Å². The van der Waals surface area contributed by atoms with Crippen molar-refractivity contribution in [3.8, 4) is 0 Å². The predicted octanol–water partition coefficient (Wildman–Crippen LogP) is 0.119. The molecule has 1 fully saturated rings. The molecule has 0 saturated carbocycles. The number of imide groups is 1. The molecule has 1 aliphatic rings. The molecule has 0 radical (unpaired) electrons.